The average Bonchev–Trinajstić information content (AvgIpc) is 3.17. The van der Waals surface area contributed by atoms with Crippen LogP contribution in [0.2, 0.25) is 0 Å². The molecular formula is C14H15N5O2S. The predicted molar refractivity (Wildman–Crippen MR) is 84.0 cm³/mol. The van der Waals surface area contributed by atoms with Crippen LogP contribution in [-0.4, -0.2) is 32.4 Å². The number of fused-ring (bicyclic) bond motifs is 1. The number of methoxy groups -OCH3 is 1. The molecule has 0 atom stereocenters. The summed E-state index contributed by atoms with van der Waals surface area (Å²) in [5.41, 5.74) is 2.09. The first-order chi connectivity index (χ1) is 10.7. The van der Waals surface area contributed by atoms with Gasteiger partial charge in [0.15, 0.2) is 0 Å². The second-order valence-electron chi connectivity index (χ2n) is 4.63. The zero-order valence-corrected chi connectivity index (χ0v) is 13.0. The molecular weight excluding hydrogens is 302 g/mol. The number of carbonyl (C=O) groups is 1. The van der Waals surface area contributed by atoms with Crippen LogP contribution in [0, 0.1) is 0 Å². The van der Waals surface area contributed by atoms with E-state index in [2.05, 4.69) is 24.6 Å². The Labute approximate surface area is 130 Å². The summed E-state index contributed by atoms with van der Waals surface area (Å²) >= 11 is 1.33. The second-order valence-corrected chi connectivity index (χ2v) is 5.38. The molecule has 0 saturated carbocycles. The van der Waals surface area contributed by atoms with Gasteiger partial charge in [-0.2, -0.15) is 4.37 Å². The van der Waals surface area contributed by atoms with Gasteiger partial charge in [-0.1, -0.05) is 6.92 Å². The largest absolute Gasteiger partial charge is 0.465 e. The van der Waals surface area contributed by atoms with Crippen molar-refractivity contribution in [3.8, 4) is 0 Å². The SMILES string of the molecule is CCc1nsc(NCc2nc3ccc(C(=O)OC)cc3[nH]2)n1. The molecule has 3 aromatic rings. The predicted octanol–water partition coefficient (Wildman–Crippen LogP) is 2.38. The number of ether oxygens (including phenoxy) is 1. The van der Waals surface area contributed by atoms with Crippen LogP contribution in [0.5, 0.6) is 0 Å². The van der Waals surface area contributed by atoms with E-state index in [9.17, 15) is 4.79 Å². The maximum absolute atomic E-state index is 11.5. The molecule has 7 nitrogen and oxygen atoms in total. The molecule has 0 amide bonds. The van der Waals surface area contributed by atoms with E-state index < -0.39 is 0 Å². The lowest BCUT2D eigenvalue weighted by molar-refractivity contribution is 0.0601. The molecule has 0 aliphatic rings. The van der Waals surface area contributed by atoms with Gasteiger partial charge in [0.25, 0.3) is 0 Å². The van der Waals surface area contributed by atoms with Crippen LogP contribution in [0.4, 0.5) is 5.13 Å². The van der Waals surface area contributed by atoms with Crippen LogP contribution < -0.4 is 5.32 Å². The summed E-state index contributed by atoms with van der Waals surface area (Å²) in [6.45, 7) is 2.53. The zero-order chi connectivity index (χ0) is 15.5. The first-order valence-corrected chi connectivity index (χ1v) is 7.60. The summed E-state index contributed by atoms with van der Waals surface area (Å²) in [5, 5.41) is 3.96. The number of aromatic amines is 1. The molecule has 0 unspecified atom stereocenters. The molecule has 3 rings (SSSR count). The minimum Gasteiger partial charge on any atom is -0.465 e. The fourth-order valence-electron chi connectivity index (χ4n) is 2.02. The number of nitrogens with zero attached hydrogens (tertiary/aromatic N) is 3. The Morgan fingerprint density at radius 3 is 3.00 bits per heavy atom. The van der Waals surface area contributed by atoms with Gasteiger partial charge in [0.05, 0.1) is 30.3 Å². The topological polar surface area (TPSA) is 92.8 Å². The number of anilines is 1. The summed E-state index contributed by atoms with van der Waals surface area (Å²) in [6.07, 6.45) is 0.819. The Morgan fingerprint density at radius 2 is 2.27 bits per heavy atom. The van der Waals surface area contributed by atoms with Crippen molar-refractivity contribution in [1.29, 1.82) is 0 Å². The minimum atomic E-state index is -0.364. The number of benzene rings is 1. The highest BCUT2D eigenvalue weighted by Crippen LogP contribution is 2.16. The third-order valence-corrected chi connectivity index (χ3v) is 3.85. The zero-order valence-electron chi connectivity index (χ0n) is 12.2. The number of H-pyrrole nitrogens is 1. The molecule has 1 aromatic carbocycles. The molecule has 114 valence electrons. The molecule has 0 spiro atoms. The number of aromatic nitrogens is 4. The highest BCUT2D eigenvalue weighted by Gasteiger charge is 2.09. The van der Waals surface area contributed by atoms with Crippen molar-refractivity contribution in [2.45, 2.75) is 19.9 Å². The number of aryl methyl sites for hydroxylation is 1. The smallest absolute Gasteiger partial charge is 0.337 e. The van der Waals surface area contributed by atoms with Crippen LogP contribution in [0.1, 0.15) is 28.9 Å². The van der Waals surface area contributed by atoms with Crippen LogP contribution >= 0.6 is 11.5 Å². The van der Waals surface area contributed by atoms with E-state index in [0.717, 1.165) is 34.2 Å². The van der Waals surface area contributed by atoms with Crippen LogP contribution in [0.25, 0.3) is 11.0 Å². The molecule has 2 heterocycles. The van der Waals surface area contributed by atoms with Crippen molar-refractivity contribution < 1.29 is 9.53 Å². The standard InChI is InChI=1S/C14H15N5O2S/c1-3-11-18-14(22-19-11)15-7-12-16-9-5-4-8(13(20)21-2)6-10(9)17-12/h4-6H,3,7H2,1-2H3,(H,16,17)(H,15,18,19). The second kappa shape index (κ2) is 6.10. The van der Waals surface area contributed by atoms with Crippen LogP contribution in [0.3, 0.4) is 0 Å². The van der Waals surface area contributed by atoms with E-state index in [-0.39, 0.29) is 5.97 Å². The Balaban J connectivity index is 1.75. The normalized spacial score (nSPS) is 10.8. The summed E-state index contributed by atoms with van der Waals surface area (Å²) in [7, 11) is 1.36. The van der Waals surface area contributed by atoms with Crippen molar-refractivity contribution in [3.05, 3.63) is 35.4 Å². The van der Waals surface area contributed by atoms with Crippen molar-refractivity contribution in [1.82, 2.24) is 19.3 Å². The molecule has 0 aliphatic carbocycles. The van der Waals surface area contributed by atoms with Gasteiger partial charge < -0.3 is 15.0 Å². The Kier molecular flexibility index (Phi) is 4.01. The highest BCUT2D eigenvalue weighted by molar-refractivity contribution is 7.09. The number of nitrogens with one attached hydrogen (secondary N) is 2. The lowest BCUT2D eigenvalue weighted by atomic mass is 10.2. The molecule has 2 aromatic heterocycles. The molecule has 0 radical (unpaired) electrons. The van der Waals surface area contributed by atoms with Gasteiger partial charge in [0, 0.05) is 18.0 Å². The maximum atomic E-state index is 11.5. The minimum absolute atomic E-state index is 0.364. The first kappa shape index (κ1) is 14.5. The van der Waals surface area contributed by atoms with Gasteiger partial charge >= 0.3 is 5.97 Å². The quantitative estimate of drug-likeness (QED) is 0.702. The fraction of sp³-hybridized carbons (Fsp3) is 0.286. The van der Waals surface area contributed by atoms with E-state index in [1.807, 2.05) is 6.92 Å². The number of imidazole rings is 1. The average molecular weight is 317 g/mol. The third kappa shape index (κ3) is 2.91. The van der Waals surface area contributed by atoms with E-state index in [1.54, 1.807) is 18.2 Å². The number of esters is 1. The number of rotatable bonds is 5. The molecule has 0 saturated heterocycles. The van der Waals surface area contributed by atoms with Gasteiger partial charge in [-0.15, -0.1) is 0 Å². The van der Waals surface area contributed by atoms with Crippen LogP contribution in [0.15, 0.2) is 18.2 Å². The molecule has 2 N–H and O–H groups in total. The summed E-state index contributed by atoms with van der Waals surface area (Å²) < 4.78 is 8.93. The maximum Gasteiger partial charge on any atom is 0.337 e. The van der Waals surface area contributed by atoms with Crippen molar-refractivity contribution in [3.63, 3.8) is 0 Å². The van der Waals surface area contributed by atoms with Gasteiger partial charge in [-0.3, -0.25) is 0 Å². The van der Waals surface area contributed by atoms with Gasteiger partial charge in [-0.05, 0) is 18.2 Å². The first-order valence-electron chi connectivity index (χ1n) is 6.83. The molecule has 8 heteroatoms. The van der Waals surface area contributed by atoms with Crippen molar-refractivity contribution in [2.24, 2.45) is 0 Å². The van der Waals surface area contributed by atoms with Gasteiger partial charge in [-0.25, -0.2) is 14.8 Å². The number of carbonyl (C=O) groups excluding carboxylic acids is 1. The Hall–Kier alpha value is -2.48. The van der Waals surface area contributed by atoms with Crippen molar-refractivity contribution in [2.75, 3.05) is 12.4 Å². The Bertz CT molecular complexity index is 811. The number of hydrogen-bond acceptors (Lipinski definition) is 7. The highest BCUT2D eigenvalue weighted by atomic mass is 32.1. The van der Waals surface area contributed by atoms with Gasteiger partial charge in [0.1, 0.15) is 11.6 Å². The van der Waals surface area contributed by atoms with Gasteiger partial charge in [0.2, 0.25) is 5.13 Å². The summed E-state index contributed by atoms with van der Waals surface area (Å²) in [6, 6.07) is 5.23. The Morgan fingerprint density at radius 1 is 1.41 bits per heavy atom. The van der Waals surface area contributed by atoms with Crippen LogP contribution in [-0.2, 0) is 17.7 Å². The fourth-order valence-corrected chi connectivity index (χ4v) is 2.66. The molecule has 0 bridgehead atoms. The third-order valence-electron chi connectivity index (χ3n) is 3.14. The summed E-state index contributed by atoms with van der Waals surface area (Å²) in [4.78, 5) is 23.5. The monoisotopic (exact) mass is 317 g/mol. The lowest BCUT2D eigenvalue weighted by Crippen LogP contribution is -2.01. The number of hydrogen-bond donors (Lipinski definition) is 2. The molecule has 0 aliphatic heterocycles. The van der Waals surface area contributed by atoms with E-state index in [1.165, 1.54) is 18.6 Å². The van der Waals surface area contributed by atoms with E-state index in [4.69, 9.17) is 4.74 Å². The van der Waals surface area contributed by atoms with E-state index in [0.29, 0.717) is 12.1 Å². The van der Waals surface area contributed by atoms with E-state index >= 15 is 0 Å². The molecule has 22 heavy (non-hydrogen) atoms. The summed E-state index contributed by atoms with van der Waals surface area (Å²) in [5.74, 6) is 1.24. The van der Waals surface area contributed by atoms with Crippen molar-refractivity contribution >= 4 is 33.7 Å². The lowest BCUT2D eigenvalue weighted by Gasteiger charge is -1.98. The molecule has 0 fully saturated rings.